The highest BCUT2D eigenvalue weighted by molar-refractivity contribution is 7.81. The number of carbonyl (C=O) groups excluding carboxylic acids is 2. The smallest absolute Gasteiger partial charge is 0.387 e. The van der Waals surface area contributed by atoms with Crippen LogP contribution in [0.5, 0.6) is 0 Å². The molecule has 4 rings (SSSR count). The average molecular weight is 1070 g/mol. The van der Waals surface area contributed by atoms with Gasteiger partial charge in [-0.2, -0.15) is 33.7 Å². The van der Waals surface area contributed by atoms with Crippen LogP contribution in [-0.4, -0.2) is 254 Å². The van der Waals surface area contributed by atoms with E-state index in [1.807, 2.05) is 0 Å². The zero-order valence-corrected chi connectivity index (χ0v) is 37.2. The molecule has 0 unspecified atom stereocenters. The molecule has 4 saturated heterocycles. The second-order valence-corrected chi connectivity index (χ2v) is 19.1. The predicted molar refractivity (Wildman–Crippen MR) is 199 cm³/mol. The summed E-state index contributed by atoms with van der Waals surface area (Å²) in [6.45, 7) is -3.56. The van der Waals surface area contributed by atoms with Crippen LogP contribution in [-0.2, 0) is 101 Å². The molecule has 4 heterocycles. The maximum absolute atomic E-state index is 12.5. The minimum atomic E-state index is -5.44. The maximum Gasteiger partial charge on any atom is 0.397 e. The Kier molecular flexibility index (Phi) is 19.6. The van der Waals surface area contributed by atoms with E-state index in [-0.39, 0.29) is 0 Å². The van der Waals surface area contributed by atoms with Crippen LogP contribution in [0.4, 0.5) is 0 Å². The molecule has 39 heteroatoms. The van der Waals surface area contributed by atoms with Gasteiger partial charge < -0.3 is 84.6 Å². The summed E-state index contributed by atoms with van der Waals surface area (Å²) in [6, 6.07) is -3.91. The van der Waals surface area contributed by atoms with Gasteiger partial charge in [-0.25, -0.2) is 16.7 Å². The molecule has 392 valence electrons. The second kappa shape index (κ2) is 22.9. The van der Waals surface area contributed by atoms with E-state index in [1.54, 1.807) is 0 Å². The number of hydrogen-bond acceptors (Lipinski definition) is 29. The molecule has 0 aromatic carbocycles. The highest BCUT2D eigenvalue weighted by Gasteiger charge is 2.56. The molecule has 0 aliphatic carbocycles. The summed E-state index contributed by atoms with van der Waals surface area (Å²) >= 11 is 0. The summed E-state index contributed by atoms with van der Waals surface area (Å²) in [5, 5.41) is 91.5. The van der Waals surface area contributed by atoms with Crippen LogP contribution in [0.1, 0.15) is 13.8 Å². The third-order valence-electron chi connectivity index (χ3n) is 9.82. The lowest BCUT2D eigenvalue weighted by molar-refractivity contribution is -0.377. The van der Waals surface area contributed by atoms with Crippen molar-refractivity contribution in [2.45, 2.75) is 137 Å². The maximum atomic E-state index is 12.5. The molecule has 0 radical (unpaired) electrons. The Labute approximate surface area is 378 Å². The molecule has 0 saturated carbocycles. The number of hydrogen-bond donors (Lipinski definition) is 14. The lowest BCUT2D eigenvalue weighted by Gasteiger charge is -2.50. The number of aliphatic hydroxyl groups excluding tert-OH is 8. The van der Waals surface area contributed by atoms with Gasteiger partial charge in [0.25, 0.3) is 0 Å². The standard InChI is InChI=1S/C28H48N2O33S4/c1-7(31)29-13-17(35)25(40)57-11(5-55-66(47,48)49)22(13)62-28-21(39)24(16(34)10(59-28)4-54-65(44,45)46)63-26-18(36)14(30-8(2)32)23(12(60-26)6-56-67(50,51)52)61-27-20(38)19(37)15(33)9(58-27)3-53-64(41,42)43/h9-28,33-40H,3-6H2,1-2H3,(H,29,31)(H,30,32)(H,41,42,43)(H,44,45,46)(H,47,48,49)(H,50,51,52)/t9-,10-,11-,12-,13-,14-,15+,16+,17-,18-,19+,20-,21-,22-,23-,24+,25-,26+,27+,28+/m1/s1. The highest BCUT2D eigenvalue weighted by Crippen LogP contribution is 2.35. The van der Waals surface area contributed by atoms with E-state index in [4.69, 9.17) is 37.7 Å². The first-order valence-electron chi connectivity index (χ1n) is 18.7. The van der Waals surface area contributed by atoms with E-state index in [1.165, 1.54) is 0 Å². The lowest BCUT2D eigenvalue weighted by Crippen LogP contribution is -2.70. The normalized spacial score (nSPS) is 40.2. The molecule has 4 aliphatic rings. The Balaban J connectivity index is 1.74. The van der Waals surface area contributed by atoms with E-state index in [0.29, 0.717) is 0 Å². The molecule has 0 aromatic rings. The summed E-state index contributed by atoms with van der Waals surface area (Å²) in [6.07, 6.45) is -40.4. The fourth-order valence-corrected chi connectivity index (χ4v) is 8.18. The monoisotopic (exact) mass is 1070 g/mol. The molecule has 14 N–H and O–H groups in total. The molecule has 4 aliphatic heterocycles. The largest absolute Gasteiger partial charge is 0.397 e. The van der Waals surface area contributed by atoms with E-state index in [9.17, 15) is 97.8 Å². The fourth-order valence-electron chi connectivity index (χ4n) is 6.95. The minimum absolute atomic E-state index is 0.842. The molecule has 0 spiro atoms. The number of amides is 2. The molecule has 0 bridgehead atoms. The molecule has 2 amide bonds. The molecule has 67 heavy (non-hydrogen) atoms. The van der Waals surface area contributed by atoms with Crippen molar-refractivity contribution < 1.29 is 152 Å². The van der Waals surface area contributed by atoms with Crippen molar-refractivity contribution in [2.24, 2.45) is 0 Å². The van der Waals surface area contributed by atoms with E-state index < -0.39 is 203 Å². The Morgan fingerprint density at radius 2 is 0.746 bits per heavy atom. The molecular formula is C28H48N2O33S4. The first-order chi connectivity index (χ1) is 30.7. The first-order valence-corrected chi connectivity index (χ1v) is 24.2. The second-order valence-electron chi connectivity index (χ2n) is 14.7. The Morgan fingerprint density at radius 1 is 0.418 bits per heavy atom. The van der Waals surface area contributed by atoms with Gasteiger partial charge in [-0.05, 0) is 0 Å². The van der Waals surface area contributed by atoms with Gasteiger partial charge in [0.05, 0.1) is 38.5 Å². The van der Waals surface area contributed by atoms with Gasteiger partial charge in [0.2, 0.25) is 11.8 Å². The Hall–Kier alpha value is -2.18. The van der Waals surface area contributed by atoms with E-state index >= 15 is 0 Å². The van der Waals surface area contributed by atoms with Gasteiger partial charge >= 0.3 is 41.6 Å². The quantitative estimate of drug-likeness (QED) is 0.0504. The molecular weight excluding hydrogens is 1020 g/mol. The molecule has 0 aromatic heterocycles. The van der Waals surface area contributed by atoms with Crippen molar-refractivity contribution in [3.8, 4) is 0 Å². The van der Waals surface area contributed by atoms with Crippen LogP contribution < -0.4 is 10.6 Å². The Bertz CT molecular complexity index is 2130. The zero-order chi connectivity index (χ0) is 50.7. The third-order valence-corrected chi connectivity index (χ3v) is 11.6. The van der Waals surface area contributed by atoms with E-state index in [2.05, 4.69) is 27.4 Å². The van der Waals surface area contributed by atoms with Crippen LogP contribution >= 0.6 is 0 Å². The fraction of sp³-hybridized carbons (Fsp3) is 0.929. The van der Waals surface area contributed by atoms with Crippen LogP contribution in [0, 0.1) is 0 Å². The zero-order valence-electron chi connectivity index (χ0n) is 33.9. The van der Waals surface area contributed by atoms with Gasteiger partial charge in [-0.15, -0.1) is 0 Å². The number of ether oxygens (including phenoxy) is 7. The topological polar surface area (TPSA) is 539 Å². The van der Waals surface area contributed by atoms with Gasteiger partial charge in [0.1, 0.15) is 85.5 Å². The van der Waals surface area contributed by atoms with Crippen molar-refractivity contribution in [2.75, 3.05) is 26.4 Å². The minimum Gasteiger partial charge on any atom is -0.387 e. The summed E-state index contributed by atoms with van der Waals surface area (Å²) in [4.78, 5) is 24.6. The molecule has 35 nitrogen and oxygen atoms in total. The molecule has 4 fully saturated rings. The van der Waals surface area contributed by atoms with Gasteiger partial charge in [-0.3, -0.25) is 27.8 Å². The number of rotatable bonds is 20. The van der Waals surface area contributed by atoms with Crippen molar-refractivity contribution in [1.82, 2.24) is 10.6 Å². The number of nitrogens with one attached hydrogen (secondary N) is 2. The van der Waals surface area contributed by atoms with Gasteiger partial charge in [0, 0.05) is 13.8 Å². The van der Waals surface area contributed by atoms with Crippen LogP contribution in [0.3, 0.4) is 0 Å². The number of aliphatic hydroxyl groups is 8. The first kappa shape index (κ1) is 57.4. The summed E-state index contributed by atoms with van der Waals surface area (Å²) in [7, 11) is -21.3. The summed E-state index contributed by atoms with van der Waals surface area (Å²) in [5.41, 5.74) is 0. The predicted octanol–water partition coefficient (Wildman–Crippen LogP) is -10.2. The van der Waals surface area contributed by atoms with Crippen molar-refractivity contribution in [3.63, 3.8) is 0 Å². The summed E-state index contributed by atoms with van der Waals surface area (Å²) in [5.74, 6) is -1.99. The van der Waals surface area contributed by atoms with Crippen LogP contribution in [0.2, 0.25) is 0 Å². The van der Waals surface area contributed by atoms with E-state index in [0.717, 1.165) is 13.8 Å². The van der Waals surface area contributed by atoms with Gasteiger partial charge in [-0.1, -0.05) is 0 Å². The average Bonchev–Trinajstić information content (AvgIpc) is 3.18. The van der Waals surface area contributed by atoms with Crippen LogP contribution in [0.25, 0.3) is 0 Å². The lowest BCUT2D eigenvalue weighted by atomic mass is 9.93. The summed E-state index contributed by atoms with van der Waals surface area (Å²) < 4.78 is 184. The van der Waals surface area contributed by atoms with Crippen molar-refractivity contribution in [3.05, 3.63) is 0 Å². The molecule has 20 atom stereocenters. The highest BCUT2D eigenvalue weighted by atomic mass is 32.3. The van der Waals surface area contributed by atoms with Crippen molar-refractivity contribution in [1.29, 1.82) is 0 Å². The van der Waals surface area contributed by atoms with Crippen molar-refractivity contribution >= 4 is 53.4 Å². The Morgan fingerprint density at radius 3 is 1.16 bits per heavy atom. The van der Waals surface area contributed by atoms with Gasteiger partial charge in [0.15, 0.2) is 25.2 Å². The third kappa shape index (κ3) is 16.4. The SMILES string of the molecule is CC(=O)N[C@@H]1[C@@H](O)[C@H](O)O[C@H](COS(=O)(=O)O)[C@H]1O[C@@H]1O[C@H](COS(=O)(=O)O)[C@H](O)[C@H](O[C@@H]2O[C@H](COS(=O)(=O)O)[C@@H](O[C@@H]3O[C@H](COS(=O)(=O)O)[C@H](O)[C@H](O)[C@H]3O)[C@H](NC(C)=O)[C@H]2O)[C@H]1O. The van der Waals surface area contributed by atoms with Crippen LogP contribution in [0.15, 0.2) is 0 Å². The number of carbonyl (C=O) groups is 2.